The second-order valence-corrected chi connectivity index (χ2v) is 6.36. The fourth-order valence-electron chi connectivity index (χ4n) is 2.27. The van der Waals surface area contributed by atoms with E-state index in [2.05, 4.69) is 11.1 Å². The lowest BCUT2D eigenvalue weighted by Crippen LogP contribution is -1.98. The molecule has 0 saturated carbocycles. The average Bonchev–Trinajstić information content (AvgIpc) is 3.03. The first-order valence-electron chi connectivity index (χ1n) is 6.99. The minimum absolute atomic E-state index is 0.620. The van der Waals surface area contributed by atoms with Crippen LogP contribution in [0.2, 0.25) is 15.1 Å². The standard InChI is InChI=1S/C18H13Cl3N2/c19-16-4-1-13(2-5-16)15(11-23-8-7-22-12-23)9-14-3-6-17(20)10-18(14)21/h1-10,12H,11H2/b15-9-. The van der Waals surface area contributed by atoms with E-state index in [4.69, 9.17) is 34.8 Å². The summed E-state index contributed by atoms with van der Waals surface area (Å²) in [5.41, 5.74) is 3.10. The van der Waals surface area contributed by atoms with Gasteiger partial charge in [-0.15, -0.1) is 0 Å². The van der Waals surface area contributed by atoms with Crippen molar-refractivity contribution in [1.82, 2.24) is 9.55 Å². The summed E-state index contributed by atoms with van der Waals surface area (Å²) in [5, 5.41) is 1.95. The number of halogens is 3. The van der Waals surface area contributed by atoms with E-state index >= 15 is 0 Å². The van der Waals surface area contributed by atoms with Crippen molar-refractivity contribution in [2.75, 3.05) is 0 Å². The van der Waals surface area contributed by atoms with Crippen molar-refractivity contribution < 1.29 is 0 Å². The quantitative estimate of drug-likeness (QED) is 0.513. The lowest BCUT2D eigenvalue weighted by Gasteiger charge is -2.10. The van der Waals surface area contributed by atoms with Gasteiger partial charge in [-0.1, -0.05) is 53.0 Å². The van der Waals surface area contributed by atoms with E-state index in [9.17, 15) is 0 Å². The predicted octanol–water partition coefficient (Wildman–Crippen LogP) is 6.08. The van der Waals surface area contributed by atoms with Gasteiger partial charge in [0.05, 0.1) is 6.33 Å². The van der Waals surface area contributed by atoms with Crippen LogP contribution in [-0.4, -0.2) is 9.55 Å². The Hall–Kier alpha value is -1.74. The van der Waals surface area contributed by atoms with E-state index in [0.29, 0.717) is 21.6 Å². The molecule has 0 bridgehead atoms. The molecule has 0 spiro atoms. The van der Waals surface area contributed by atoms with Crippen molar-refractivity contribution in [2.45, 2.75) is 6.54 Å². The van der Waals surface area contributed by atoms with Gasteiger partial charge in [0.25, 0.3) is 0 Å². The summed E-state index contributed by atoms with van der Waals surface area (Å²) < 4.78 is 2.00. The van der Waals surface area contributed by atoms with E-state index in [-0.39, 0.29) is 0 Å². The van der Waals surface area contributed by atoms with Crippen LogP contribution in [0.1, 0.15) is 11.1 Å². The first-order valence-corrected chi connectivity index (χ1v) is 8.12. The summed E-state index contributed by atoms with van der Waals surface area (Å²) in [4.78, 5) is 4.09. The molecule has 5 heteroatoms. The number of hydrogen-bond acceptors (Lipinski definition) is 1. The maximum atomic E-state index is 6.30. The van der Waals surface area contributed by atoms with Crippen molar-refractivity contribution in [1.29, 1.82) is 0 Å². The third-order valence-electron chi connectivity index (χ3n) is 3.42. The van der Waals surface area contributed by atoms with Gasteiger partial charge in [-0.2, -0.15) is 0 Å². The highest BCUT2D eigenvalue weighted by Crippen LogP contribution is 2.27. The van der Waals surface area contributed by atoms with Crippen molar-refractivity contribution in [3.8, 4) is 0 Å². The van der Waals surface area contributed by atoms with Crippen molar-refractivity contribution >= 4 is 46.5 Å². The van der Waals surface area contributed by atoms with E-state index < -0.39 is 0 Å². The molecule has 0 radical (unpaired) electrons. The maximum Gasteiger partial charge on any atom is 0.0949 e. The molecule has 23 heavy (non-hydrogen) atoms. The summed E-state index contributed by atoms with van der Waals surface area (Å²) in [6, 6.07) is 13.2. The summed E-state index contributed by atoms with van der Waals surface area (Å²) in [7, 11) is 0. The zero-order chi connectivity index (χ0) is 16.2. The Morgan fingerprint density at radius 3 is 2.39 bits per heavy atom. The fraction of sp³-hybridized carbons (Fsp3) is 0.0556. The molecule has 0 saturated heterocycles. The number of allylic oxidation sites excluding steroid dienone is 1. The van der Waals surface area contributed by atoms with Crippen molar-refractivity contribution in [3.63, 3.8) is 0 Å². The van der Waals surface area contributed by atoms with Crippen molar-refractivity contribution in [2.24, 2.45) is 0 Å². The molecule has 0 aliphatic carbocycles. The molecule has 2 aromatic carbocycles. The van der Waals surface area contributed by atoms with Crippen LogP contribution in [0.4, 0.5) is 0 Å². The van der Waals surface area contributed by atoms with Crippen LogP contribution < -0.4 is 0 Å². The predicted molar refractivity (Wildman–Crippen MR) is 98.0 cm³/mol. The van der Waals surface area contributed by atoms with Crippen LogP contribution >= 0.6 is 34.8 Å². The third-order valence-corrected chi connectivity index (χ3v) is 4.23. The average molecular weight is 364 g/mol. The van der Waals surface area contributed by atoms with Crippen LogP contribution in [0.3, 0.4) is 0 Å². The third kappa shape index (κ3) is 4.17. The molecular weight excluding hydrogens is 351 g/mol. The van der Waals surface area contributed by atoms with Gasteiger partial charge in [-0.05, 0) is 47.0 Å². The second kappa shape index (κ2) is 7.22. The molecule has 1 aromatic heterocycles. The van der Waals surface area contributed by atoms with Crippen molar-refractivity contribution in [3.05, 3.63) is 87.4 Å². The number of nitrogens with zero attached hydrogens (tertiary/aromatic N) is 2. The molecule has 0 unspecified atom stereocenters. The van der Waals surface area contributed by atoms with Gasteiger partial charge in [0.15, 0.2) is 0 Å². The van der Waals surface area contributed by atoms with Gasteiger partial charge in [0.1, 0.15) is 0 Å². The number of hydrogen-bond donors (Lipinski definition) is 0. The zero-order valence-electron chi connectivity index (χ0n) is 12.1. The van der Waals surface area contributed by atoms with E-state index in [1.165, 1.54) is 0 Å². The van der Waals surface area contributed by atoms with Crippen LogP contribution in [0, 0.1) is 0 Å². The Morgan fingerprint density at radius 1 is 1.00 bits per heavy atom. The van der Waals surface area contributed by atoms with E-state index in [0.717, 1.165) is 16.7 Å². The summed E-state index contributed by atoms with van der Waals surface area (Å²) in [5.74, 6) is 0. The van der Waals surface area contributed by atoms with Gasteiger partial charge in [-0.3, -0.25) is 0 Å². The Balaban J connectivity index is 2.03. The van der Waals surface area contributed by atoms with Crippen LogP contribution in [0.5, 0.6) is 0 Å². The lowest BCUT2D eigenvalue weighted by atomic mass is 10.0. The molecule has 0 aliphatic heterocycles. The molecule has 0 fully saturated rings. The van der Waals surface area contributed by atoms with Gasteiger partial charge in [0.2, 0.25) is 0 Å². The largest absolute Gasteiger partial charge is 0.333 e. The Labute approximate surface area is 149 Å². The minimum Gasteiger partial charge on any atom is -0.333 e. The Bertz CT molecular complexity index is 822. The molecule has 116 valence electrons. The molecule has 0 amide bonds. The van der Waals surface area contributed by atoms with Gasteiger partial charge in [-0.25, -0.2) is 4.98 Å². The van der Waals surface area contributed by atoms with Crippen LogP contribution in [-0.2, 0) is 6.54 Å². The highest BCUT2D eigenvalue weighted by molar-refractivity contribution is 6.35. The molecule has 0 atom stereocenters. The van der Waals surface area contributed by atoms with Crippen LogP contribution in [0.25, 0.3) is 11.6 Å². The first-order chi connectivity index (χ1) is 11.1. The topological polar surface area (TPSA) is 17.8 Å². The minimum atomic E-state index is 0.620. The monoisotopic (exact) mass is 362 g/mol. The molecular formula is C18H13Cl3N2. The van der Waals surface area contributed by atoms with Crippen LogP contribution in [0.15, 0.2) is 61.2 Å². The molecule has 2 nitrogen and oxygen atoms in total. The summed E-state index contributed by atoms with van der Waals surface area (Å²) in [6.45, 7) is 0.681. The highest BCUT2D eigenvalue weighted by atomic mass is 35.5. The molecule has 3 aromatic rings. The summed E-state index contributed by atoms with van der Waals surface area (Å²) >= 11 is 18.3. The zero-order valence-corrected chi connectivity index (χ0v) is 14.4. The molecule has 0 N–H and O–H groups in total. The molecule has 3 rings (SSSR count). The van der Waals surface area contributed by atoms with E-state index in [1.54, 1.807) is 18.6 Å². The smallest absolute Gasteiger partial charge is 0.0949 e. The maximum absolute atomic E-state index is 6.30. The molecule has 0 aliphatic rings. The van der Waals surface area contributed by atoms with Gasteiger partial charge < -0.3 is 4.57 Å². The van der Waals surface area contributed by atoms with Gasteiger partial charge >= 0.3 is 0 Å². The SMILES string of the molecule is Clc1ccc(/C(=C\c2ccc(Cl)cc2Cl)Cn2ccnc2)cc1. The second-order valence-electron chi connectivity index (χ2n) is 5.08. The highest BCUT2D eigenvalue weighted by Gasteiger charge is 2.06. The Kier molecular flexibility index (Phi) is 5.06. The number of benzene rings is 2. The fourth-order valence-corrected chi connectivity index (χ4v) is 2.86. The number of imidazole rings is 1. The number of aromatic nitrogens is 2. The van der Waals surface area contributed by atoms with E-state index in [1.807, 2.05) is 47.2 Å². The lowest BCUT2D eigenvalue weighted by molar-refractivity contribution is 0.836. The normalized spacial score (nSPS) is 11.7. The molecule has 1 heterocycles. The van der Waals surface area contributed by atoms with Gasteiger partial charge in [0, 0.05) is 34.0 Å². The summed E-state index contributed by atoms with van der Waals surface area (Å²) in [6.07, 6.45) is 7.52. The Morgan fingerprint density at radius 2 is 1.74 bits per heavy atom. The number of rotatable bonds is 4. The first kappa shape index (κ1) is 16.1.